The minimum atomic E-state index is 0.380. The van der Waals surface area contributed by atoms with Crippen LogP contribution in [-0.2, 0) is 0 Å². The van der Waals surface area contributed by atoms with Gasteiger partial charge in [0.25, 0.3) is 0 Å². The van der Waals surface area contributed by atoms with Gasteiger partial charge in [-0.1, -0.05) is 5.16 Å². The Bertz CT molecular complexity index is 192. The summed E-state index contributed by atoms with van der Waals surface area (Å²) in [6.45, 7) is 1.76. The van der Waals surface area contributed by atoms with Crippen molar-refractivity contribution < 1.29 is 9.32 Å². The van der Waals surface area contributed by atoms with E-state index in [4.69, 9.17) is 0 Å². The molecule has 0 saturated heterocycles. The van der Waals surface area contributed by atoms with Gasteiger partial charge in [0.05, 0.1) is 0 Å². The lowest BCUT2D eigenvalue weighted by atomic mass is 10.3. The van der Waals surface area contributed by atoms with Crippen molar-refractivity contribution in [3.05, 3.63) is 17.5 Å². The summed E-state index contributed by atoms with van der Waals surface area (Å²) in [7, 11) is 0. The van der Waals surface area contributed by atoms with Crippen LogP contribution in [0.15, 0.2) is 10.8 Å². The fraction of sp³-hybridized carbons (Fsp3) is 0.200. The molecule has 0 saturated carbocycles. The van der Waals surface area contributed by atoms with Crippen molar-refractivity contribution in [3.63, 3.8) is 0 Å². The second kappa shape index (κ2) is 1.78. The number of hydrogen-bond donors (Lipinski definition) is 0. The molecule has 0 aliphatic rings. The van der Waals surface area contributed by atoms with E-state index in [1.807, 2.05) is 0 Å². The molecule has 1 rings (SSSR count). The lowest BCUT2D eigenvalue weighted by Gasteiger charge is -1.73. The molecule has 1 aromatic rings. The standard InChI is InChI=1S/C5H5NO2/c1-4-3-8-6-5(4)2-7/h2-3H,1H3. The summed E-state index contributed by atoms with van der Waals surface area (Å²) in [5.74, 6) is 0. The van der Waals surface area contributed by atoms with E-state index in [1.165, 1.54) is 6.26 Å². The van der Waals surface area contributed by atoms with Gasteiger partial charge < -0.3 is 4.52 Å². The fourth-order valence-electron chi connectivity index (χ4n) is 0.409. The third-order valence-electron chi connectivity index (χ3n) is 0.896. The number of carbonyl (C=O) groups excluding carboxylic acids is 1. The Hall–Kier alpha value is -1.12. The molecule has 3 nitrogen and oxygen atoms in total. The van der Waals surface area contributed by atoms with E-state index in [2.05, 4.69) is 9.68 Å². The number of aldehydes is 1. The van der Waals surface area contributed by atoms with E-state index in [0.29, 0.717) is 12.0 Å². The first-order chi connectivity index (χ1) is 3.84. The number of rotatable bonds is 1. The highest BCUT2D eigenvalue weighted by Crippen LogP contribution is 1.98. The van der Waals surface area contributed by atoms with Gasteiger partial charge in [0.2, 0.25) is 0 Å². The first-order valence-corrected chi connectivity index (χ1v) is 2.20. The van der Waals surface area contributed by atoms with Crippen molar-refractivity contribution in [2.75, 3.05) is 0 Å². The second-order valence-corrected chi connectivity index (χ2v) is 1.50. The zero-order valence-electron chi connectivity index (χ0n) is 4.42. The Morgan fingerprint density at radius 2 is 2.62 bits per heavy atom. The summed E-state index contributed by atoms with van der Waals surface area (Å²) >= 11 is 0. The zero-order chi connectivity index (χ0) is 5.98. The molecule has 0 bridgehead atoms. The molecular weight excluding hydrogens is 106 g/mol. The zero-order valence-corrected chi connectivity index (χ0v) is 4.42. The average Bonchev–Trinajstić information content (AvgIpc) is 2.14. The van der Waals surface area contributed by atoms with Crippen molar-refractivity contribution in [2.45, 2.75) is 6.92 Å². The molecule has 0 aliphatic heterocycles. The molecule has 0 aromatic carbocycles. The van der Waals surface area contributed by atoms with Crippen molar-refractivity contribution in [1.82, 2.24) is 5.16 Å². The maximum absolute atomic E-state index is 9.97. The second-order valence-electron chi connectivity index (χ2n) is 1.50. The van der Waals surface area contributed by atoms with Crippen LogP contribution in [0.1, 0.15) is 16.1 Å². The van der Waals surface area contributed by atoms with Gasteiger partial charge >= 0.3 is 0 Å². The minimum absolute atomic E-state index is 0.380. The Labute approximate surface area is 46.3 Å². The van der Waals surface area contributed by atoms with Gasteiger partial charge in [-0.15, -0.1) is 0 Å². The van der Waals surface area contributed by atoms with E-state index in [1.54, 1.807) is 6.92 Å². The monoisotopic (exact) mass is 111 g/mol. The van der Waals surface area contributed by atoms with E-state index in [0.717, 1.165) is 5.56 Å². The minimum Gasteiger partial charge on any atom is -0.364 e. The maximum Gasteiger partial charge on any atom is 0.172 e. The first-order valence-electron chi connectivity index (χ1n) is 2.20. The molecule has 8 heavy (non-hydrogen) atoms. The highest BCUT2D eigenvalue weighted by Gasteiger charge is 1.97. The van der Waals surface area contributed by atoms with Crippen LogP contribution < -0.4 is 0 Å². The van der Waals surface area contributed by atoms with Gasteiger partial charge in [0.15, 0.2) is 6.29 Å². The number of nitrogens with zero attached hydrogens (tertiary/aromatic N) is 1. The third kappa shape index (κ3) is 0.621. The van der Waals surface area contributed by atoms with Crippen LogP contribution >= 0.6 is 0 Å². The van der Waals surface area contributed by atoms with Crippen LogP contribution in [-0.4, -0.2) is 11.4 Å². The summed E-state index contributed by atoms with van der Waals surface area (Å²) in [5, 5.41) is 3.39. The SMILES string of the molecule is Cc1conc1C=O. The number of hydrogen-bond acceptors (Lipinski definition) is 3. The van der Waals surface area contributed by atoms with Gasteiger partial charge in [0, 0.05) is 5.56 Å². The molecular formula is C5H5NO2. The highest BCUT2D eigenvalue weighted by molar-refractivity contribution is 5.73. The quantitative estimate of drug-likeness (QED) is 0.503. The van der Waals surface area contributed by atoms with Crippen LogP contribution in [0.3, 0.4) is 0 Å². The van der Waals surface area contributed by atoms with Gasteiger partial charge in [-0.25, -0.2) is 0 Å². The molecule has 42 valence electrons. The number of carbonyl (C=O) groups is 1. The number of aryl methyl sites for hydroxylation is 1. The Balaban J connectivity index is 3.09. The lowest BCUT2D eigenvalue weighted by molar-refractivity contribution is 0.111. The molecule has 0 amide bonds. The molecule has 0 N–H and O–H groups in total. The molecule has 1 aromatic heterocycles. The summed E-state index contributed by atoms with van der Waals surface area (Å²) < 4.78 is 4.45. The predicted octanol–water partition coefficient (Wildman–Crippen LogP) is 0.796. The summed E-state index contributed by atoms with van der Waals surface area (Å²) in [5.41, 5.74) is 1.16. The highest BCUT2D eigenvalue weighted by atomic mass is 16.5. The van der Waals surface area contributed by atoms with E-state index < -0.39 is 0 Å². The van der Waals surface area contributed by atoms with Crippen molar-refractivity contribution >= 4 is 6.29 Å². The van der Waals surface area contributed by atoms with Gasteiger partial charge in [-0.05, 0) is 6.92 Å². The normalized spacial score (nSPS) is 9.12. The van der Waals surface area contributed by atoms with Crippen LogP contribution in [0, 0.1) is 6.92 Å². The Morgan fingerprint density at radius 3 is 2.88 bits per heavy atom. The Kier molecular flexibility index (Phi) is 1.12. The molecule has 0 radical (unpaired) electrons. The van der Waals surface area contributed by atoms with E-state index in [9.17, 15) is 4.79 Å². The van der Waals surface area contributed by atoms with Crippen molar-refractivity contribution in [2.24, 2.45) is 0 Å². The molecule has 1 heterocycles. The number of aromatic nitrogens is 1. The lowest BCUT2D eigenvalue weighted by Crippen LogP contribution is -1.79. The predicted molar refractivity (Wildman–Crippen MR) is 26.6 cm³/mol. The van der Waals surface area contributed by atoms with Crippen LogP contribution in [0.4, 0.5) is 0 Å². The smallest absolute Gasteiger partial charge is 0.172 e. The third-order valence-corrected chi connectivity index (χ3v) is 0.896. The molecule has 3 heteroatoms. The summed E-state index contributed by atoms with van der Waals surface area (Å²) in [6, 6.07) is 0. The van der Waals surface area contributed by atoms with Crippen molar-refractivity contribution in [1.29, 1.82) is 0 Å². The molecule has 0 spiro atoms. The van der Waals surface area contributed by atoms with E-state index in [-0.39, 0.29) is 0 Å². The summed E-state index contributed by atoms with van der Waals surface area (Å²) in [6.07, 6.45) is 2.10. The topological polar surface area (TPSA) is 43.1 Å². The molecule has 0 unspecified atom stereocenters. The maximum atomic E-state index is 9.97. The van der Waals surface area contributed by atoms with Crippen molar-refractivity contribution in [3.8, 4) is 0 Å². The fourth-order valence-corrected chi connectivity index (χ4v) is 0.409. The van der Waals surface area contributed by atoms with Crippen LogP contribution in [0.5, 0.6) is 0 Å². The first kappa shape index (κ1) is 5.03. The van der Waals surface area contributed by atoms with Crippen LogP contribution in [0.25, 0.3) is 0 Å². The molecule has 0 aliphatic carbocycles. The molecule has 0 fully saturated rings. The van der Waals surface area contributed by atoms with E-state index >= 15 is 0 Å². The van der Waals surface area contributed by atoms with Gasteiger partial charge in [-0.2, -0.15) is 0 Å². The molecule has 0 atom stereocenters. The summed E-state index contributed by atoms with van der Waals surface area (Å²) in [4.78, 5) is 9.97. The van der Waals surface area contributed by atoms with Gasteiger partial charge in [0.1, 0.15) is 12.0 Å². The average molecular weight is 111 g/mol. The van der Waals surface area contributed by atoms with Crippen LogP contribution in [0.2, 0.25) is 0 Å². The largest absolute Gasteiger partial charge is 0.364 e. The van der Waals surface area contributed by atoms with Gasteiger partial charge in [-0.3, -0.25) is 4.79 Å². The Morgan fingerprint density at radius 1 is 1.88 bits per heavy atom.